The van der Waals surface area contributed by atoms with Gasteiger partial charge in [-0.1, -0.05) is 18.2 Å². The molecule has 0 atom stereocenters. The average molecular weight is 407 g/mol. The molecular weight excluding hydrogens is 376 g/mol. The van der Waals surface area contributed by atoms with Crippen LogP contribution in [-0.2, 0) is 20.1 Å². The highest BCUT2D eigenvalue weighted by Crippen LogP contribution is 2.29. The Balaban J connectivity index is 1.39. The van der Waals surface area contributed by atoms with Crippen LogP contribution in [-0.4, -0.2) is 47.8 Å². The maximum Gasteiger partial charge on any atom is 0.142 e. The lowest BCUT2D eigenvalue weighted by Gasteiger charge is -2.37. The molecule has 0 unspecified atom stereocenters. The highest BCUT2D eigenvalue weighted by molar-refractivity contribution is 5.60. The summed E-state index contributed by atoms with van der Waals surface area (Å²) >= 11 is 0. The van der Waals surface area contributed by atoms with Crippen LogP contribution in [0, 0.1) is 6.92 Å². The molecule has 30 heavy (non-hydrogen) atoms. The fourth-order valence-electron chi connectivity index (χ4n) is 3.94. The summed E-state index contributed by atoms with van der Waals surface area (Å²) in [6, 6.07) is 12.4. The number of piperazine rings is 1. The lowest BCUT2D eigenvalue weighted by Crippen LogP contribution is -2.47. The zero-order chi connectivity index (χ0) is 20.9. The molecule has 0 bridgehead atoms. The molecule has 0 saturated carbocycles. The second-order valence-electron chi connectivity index (χ2n) is 7.59. The minimum Gasteiger partial charge on any atom is -0.495 e. The van der Waals surface area contributed by atoms with Gasteiger partial charge in [0.2, 0.25) is 0 Å². The minimum atomic E-state index is 0.778. The molecule has 4 rings (SSSR count). The van der Waals surface area contributed by atoms with E-state index in [4.69, 9.17) is 9.72 Å². The molecule has 7 heteroatoms. The van der Waals surface area contributed by atoms with E-state index in [1.165, 1.54) is 11.3 Å². The zero-order valence-corrected chi connectivity index (χ0v) is 18.0. The van der Waals surface area contributed by atoms with Gasteiger partial charge in [-0.15, -0.1) is 0 Å². The first kappa shape index (κ1) is 20.2. The Morgan fingerprint density at radius 1 is 0.967 bits per heavy atom. The smallest absolute Gasteiger partial charge is 0.142 e. The lowest BCUT2D eigenvalue weighted by atomic mass is 10.2. The van der Waals surface area contributed by atoms with Crippen molar-refractivity contribution in [3.8, 4) is 5.75 Å². The van der Waals surface area contributed by atoms with Gasteiger partial charge in [0.05, 0.1) is 18.5 Å². The van der Waals surface area contributed by atoms with Gasteiger partial charge < -0.3 is 24.4 Å². The van der Waals surface area contributed by atoms with Gasteiger partial charge in [-0.05, 0) is 25.1 Å². The van der Waals surface area contributed by atoms with E-state index in [1.54, 1.807) is 7.11 Å². The number of aryl methyl sites for hydroxylation is 1. The molecule has 0 amide bonds. The van der Waals surface area contributed by atoms with Crippen molar-refractivity contribution in [1.29, 1.82) is 0 Å². The van der Waals surface area contributed by atoms with Gasteiger partial charge >= 0.3 is 0 Å². The van der Waals surface area contributed by atoms with E-state index in [2.05, 4.69) is 49.9 Å². The van der Waals surface area contributed by atoms with Gasteiger partial charge in [-0.3, -0.25) is 0 Å². The molecule has 0 spiro atoms. The molecule has 3 aromatic rings. The molecule has 0 aliphatic carbocycles. The van der Waals surface area contributed by atoms with E-state index in [1.807, 2.05) is 37.5 Å². The topological polar surface area (TPSA) is 58.5 Å². The van der Waals surface area contributed by atoms with E-state index in [0.717, 1.165) is 62.3 Å². The number of imidazole rings is 1. The largest absolute Gasteiger partial charge is 0.495 e. The number of hydrogen-bond acceptors (Lipinski definition) is 6. The van der Waals surface area contributed by atoms with Crippen LogP contribution < -0.4 is 19.9 Å². The Labute approximate surface area is 178 Å². The number of ether oxygens (including phenoxy) is 1. The lowest BCUT2D eigenvalue weighted by molar-refractivity contribution is 0.413. The molecule has 0 radical (unpaired) electrons. The second-order valence-corrected chi connectivity index (χ2v) is 7.59. The van der Waals surface area contributed by atoms with E-state index >= 15 is 0 Å². The highest BCUT2D eigenvalue weighted by atomic mass is 16.5. The van der Waals surface area contributed by atoms with Crippen molar-refractivity contribution in [2.45, 2.75) is 20.0 Å². The summed E-state index contributed by atoms with van der Waals surface area (Å²) in [5.74, 6) is 3.03. The Morgan fingerprint density at radius 2 is 1.73 bits per heavy atom. The van der Waals surface area contributed by atoms with Crippen molar-refractivity contribution in [2.75, 3.05) is 43.1 Å². The van der Waals surface area contributed by atoms with E-state index in [-0.39, 0.29) is 0 Å². The summed E-state index contributed by atoms with van der Waals surface area (Å²) in [5, 5.41) is 3.55. The monoisotopic (exact) mass is 406 g/mol. The number of benzene rings is 1. The third-order valence-electron chi connectivity index (χ3n) is 5.81. The third-order valence-corrected chi connectivity index (χ3v) is 5.81. The van der Waals surface area contributed by atoms with Crippen LogP contribution in [0.4, 0.5) is 11.5 Å². The number of anilines is 2. The fourth-order valence-corrected chi connectivity index (χ4v) is 3.94. The van der Waals surface area contributed by atoms with Crippen LogP contribution in [0.5, 0.6) is 5.75 Å². The van der Waals surface area contributed by atoms with Crippen LogP contribution in [0.3, 0.4) is 0 Å². The van der Waals surface area contributed by atoms with Gasteiger partial charge in [0.1, 0.15) is 17.4 Å². The normalized spacial score (nSPS) is 14.2. The first-order valence-corrected chi connectivity index (χ1v) is 10.4. The number of para-hydroxylation sites is 2. The predicted octanol–water partition coefficient (Wildman–Crippen LogP) is 2.75. The zero-order valence-electron chi connectivity index (χ0n) is 18.0. The average Bonchev–Trinajstić information content (AvgIpc) is 3.12. The fraction of sp³-hybridized carbons (Fsp3) is 0.391. The number of nitrogens with zero attached hydrogens (tertiary/aromatic N) is 5. The summed E-state index contributed by atoms with van der Waals surface area (Å²) < 4.78 is 7.66. The summed E-state index contributed by atoms with van der Waals surface area (Å²) in [5.41, 5.74) is 3.57. The standard InChI is InChI=1S/C23H30N6O/c1-18-26-17-20(27(18)2)16-24-15-19-7-6-10-25-23(19)29-13-11-28(12-14-29)21-8-4-5-9-22(21)30-3/h4-10,17,24H,11-16H2,1-3H3. The van der Waals surface area contributed by atoms with Gasteiger partial charge in [0.25, 0.3) is 0 Å². The summed E-state index contributed by atoms with van der Waals surface area (Å²) in [6.45, 7) is 7.34. The molecule has 1 N–H and O–H groups in total. The number of pyridine rings is 1. The molecule has 1 fully saturated rings. The molecular formula is C23H30N6O. The van der Waals surface area contributed by atoms with Crippen molar-refractivity contribution in [3.63, 3.8) is 0 Å². The van der Waals surface area contributed by atoms with E-state index in [0.29, 0.717) is 0 Å². The van der Waals surface area contributed by atoms with Gasteiger partial charge in [0.15, 0.2) is 0 Å². The van der Waals surface area contributed by atoms with Crippen LogP contribution in [0.25, 0.3) is 0 Å². The van der Waals surface area contributed by atoms with Crippen molar-refractivity contribution in [1.82, 2.24) is 19.9 Å². The first-order valence-electron chi connectivity index (χ1n) is 10.4. The number of rotatable bonds is 7. The van der Waals surface area contributed by atoms with E-state index < -0.39 is 0 Å². The van der Waals surface area contributed by atoms with Crippen molar-refractivity contribution >= 4 is 11.5 Å². The Hall–Kier alpha value is -3.06. The van der Waals surface area contributed by atoms with Gasteiger partial charge in [-0.25, -0.2) is 9.97 Å². The Bertz CT molecular complexity index is 977. The number of nitrogens with one attached hydrogen (secondary N) is 1. The summed E-state index contributed by atoms with van der Waals surface area (Å²) in [7, 11) is 3.78. The highest BCUT2D eigenvalue weighted by Gasteiger charge is 2.22. The number of hydrogen-bond donors (Lipinski definition) is 1. The molecule has 3 heterocycles. The van der Waals surface area contributed by atoms with Crippen LogP contribution in [0.2, 0.25) is 0 Å². The maximum atomic E-state index is 5.54. The number of methoxy groups -OCH3 is 1. The first-order chi connectivity index (χ1) is 14.7. The van der Waals surface area contributed by atoms with Crippen LogP contribution in [0.1, 0.15) is 17.1 Å². The number of aromatic nitrogens is 3. The molecule has 2 aromatic heterocycles. The SMILES string of the molecule is COc1ccccc1N1CCN(c2ncccc2CNCc2cnc(C)n2C)CC1. The van der Waals surface area contributed by atoms with Crippen molar-refractivity contribution in [2.24, 2.45) is 7.05 Å². The Kier molecular flexibility index (Phi) is 6.18. The summed E-state index contributed by atoms with van der Waals surface area (Å²) in [4.78, 5) is 13.8. The van der Waals surface area contributed by atoms with Crippen molar-refractivity contribution < 1.29 is 4.74 Å². The molecule has 158 valence electrons. The van der Waals surface area contributed by atoms with Crippen molar-refractivity contribution in [3.05, 3.63) is 65.9 Å². The van der Waals surface area contributed by atoms with Crippen LogP contribution >= 0.6 is 0 Å². The Morgan fingerprint density at radius 3 is 2.47 bits per heavy atom. The quantitative estimate of drug-likeness (QED) is 0.651. The van der Waals surface area contributed by atoms with E-state index in [9.17, 15) is 0 Å². The summed E-state index contributed by atoms with van der Waals surface area (Å²) in [6.07, 6.45) is 3.82. The third kappa shape index (κ3) is 4.26. The minimum absolute atomic E-state index is 0.778. The molecule has 1 aliphatic heterocycles. The molecule has 1 saturated heterocycles. The maximum absolute atomic E-state index is 5.54. The van der Waals surface area contributed by atoms with Gasteiger partial charge in [-0.2, -0.15) is 0 Å². The van der Waals surface area contributed by atoms with Gasteiger partial charge in [0, 0.05) is 64.3 Å². The van der Waals surface area contributed by atoms with Crippen LogP contribution in [0.15, 0.2) is 48.8 Å². The predicted molar refractivity (Wildman–Crippen MR) is 120 cm³/mol. The molecule has 7 nitrogen and oxygen atoms in total. The molecule has 1 aliphatic rings. The molecule has 1 aromatic carbocycles. The second kappa shape index (κ2) is 9.17.